The minimum Gasteiger partial charge on any atom is -0.507 e. The minimum atomic E-state index is -1.78. The first-order chi connectivity index (χ1) is 28.3. The van der Waals surface area contributed by atoms with E-state index in [1.54, 1.807) is 65.8 Å². The van der Waals surface area contributed by atoms with Crippen LogP contribution in [0.4, 0.5) is 0 Å². The number of aliphatic hydroxyl groups is 3. The number of Topliss-reactive ketones (excluding diaryl/α,β-unsaturated/α-hetero) is 1. The Bertz CT molecular complexity index is 2020. The molecule has 1 saturated heterocycles. The molecule has 1 aromatic carbocycles. The molecule has 1 aliphatic carbocycles. The highest BCUT2D eigenvalue weighted by Crippen LogP contribution is 2.53. The van der Waals surface area contributed by atoms with Gasteiger partial charge in [0.2, 0.25) is 5.78 Å². The number of ether oxygens (including phenoxy) is 4. The van der Waals surface area contributed by atoms with Gasteiger partial charge in [0, 0.05) is 85.5 Å². The fraction of sp³-hybridized carbons (Fsp3) is 0.600. The molecule has 0 radical (unpaired) electrons. The number of aliphatic imine (C=N–C) groups is 1. The molecule has 1 fully saturated rings. The lowest BCUT2D eigenvalue weighted by Crippen LogP contribution is -2.46. The highest BCUT2D eigenvalue weighted by molar-refractivity contribution is 6.31. The van der Waals surface area contributed by atoms with Gasteiger partial charge in [0.15, 0.2) is 6.10 Å². The smallest absolute Gasteiger partial charge is 0.302 e. The van der Waals surface area contributed by atoms with Crippen molar-refractivity contribution in [3.63, 3.8) is 0 Å². The number of likely N-dealkylation sites (N-methyl/N-ethyl adjacent to an activating group) is 1. The minimum absolute atomic E-state index is 0.0868. The number of phenols is 1. The number of aliphatic hydroxyl groups excluding tert-OH is 3. The van der Waals surface area contributed by atoms with Crippen molar-refractivity contribution in [1.29, 1.82) is 0 Å². The molecule has 60 heavy (non-hydrogen) atoms. The van der Waals surface area contributed by atoms with Crippen LogP contribution in [0.5, 0.6) is 11.5 Å². The Hall–Kier alpha value is -4.54. The molecule has 0 aromatic heterocycles. The first-order valence-corrected chi connectivity index (χ1v) is 21.0. The molecule has 1 amide bonds. The van der Waals surface area contributed by atoms with Gasteiger partial charge in [0.1, 0.15) is 23.3 Å². The van der Waals surface area contributed by atoms with Crippen molar-refractivity contribution in [1.82, 2.24) is 15.5 Å². The highest BCUT2D eigenvalue weighted by atomic mass is 16.7. The number of carbonyl (C=O) groups is 3. The first kappa shape index (κ1) is 45.0. The lowest BCUT2D eigenvalue weighted by molar-refractivity contribution is -0.181. The number of aromatic hydroxyl groups is 1. The molecule has 15 heteroatoms. The molecule has 0 saturated carbocycles. The van der Waals surface area contributed by atoms with Gasteiger partial charge in [-0.2, -0.15) is 0 Å². The molecular weight excluding hydrogens is 773 g/mol. The third-order valence-electron chi connectivity index (χ3n) is 13.4. The predicted molar refractivity (Wildman–Crippen MR) is 223 cm³/mol. The van der Waals surface area contributed by atoms with E-state index in [-0.39, 0.29) is 56.8 Å². The number of allylic oxidation sites excluding steroid dienone is 4. The highest BCUT2D eigenvalue weighted by Gasteiger charge is 2.52. The van der Waals surface area contributed by atoms with Crippen LogP contribution < -0.4 is 15.4 Å². The maximum absolute atomic E-state index is 14.8. The Labute approximate surface area is 352 Å². The summed E-state index contributed by atoms with van der Waals surface area (Å²) in [6.45, 7) is 13.8. The second-order valence-corrected chi connectivity index (χ2v) is 17.3. The fourth-order valence-corrected chi connectivity index (χ4v) is 9.41. The number of nitrogens with one attached hydrogen (secondary N) is 2. The van der Waals surface area contributed by atoms with Crippen molar-refractivity contribution in [2.75, 3.05) is 27.2 Å². The Morgan fingerprint density at radius 2 is 1.67 bits per heavy atom. The molecule has 15 nitrogen and oxygen atoms in total. The third-order valence-corrected chi connectivity index (χ3v) is 13.4. The van der Waals surface area contributed by atoms with Crippen molar-refractivity contribution in [2.24, 2.45) is 28.7 Å². The van der Waals surface area contributed by atoms with Crippen molar-refractivity contribution in [3.8, 4) is 11.5 Å². The number of rotatable bonds is 2. The number of benzene rings is 1. The van der Waals surface area contributed by atoms with Crippen molar-refractivity contribution < 1.29 is 53.8 Å². The van der Waals surface area contributed by atoms with Crippen LogP contribution >= 0.6 is 0 Å². The van der Waals surface area contributed by atoms with E-state index in [1.807, 2.05) is 0 Å². The lowest BCUT2D eigenvalue weighted by atomic mass is 9.78. The van der Waals surface area contributed by atoms with Gasteiger partial charge in [-0.1, -0.05) is 45.9 Å². The van der Waals surface area contributed by atoms with Crippen molar-refractivity contribution >= 4 is 23.4 Å². The summed E-state index contributed by atoms with van der Waals surface area (Å²) in [5.74, 6) is -6.17. The van der Waals surface area contributed by atoms with E-state index in [9.17, 15) is 34.8 Å². The number of amides is 1. The van der Waals surface area contributed by atoms with Gasteiger partial charge in [-0.3, -0.25) is 24.3 Å². The van der Waals surface area contributed by atoms with Gasteiger partial charge in [0.05, 0.1) is 48.1 Å². The normalized spacial score (nSPS) is 38.2. The molecule has 1 aromatic rings. The summed E-state index contributed by atoms with van der Waals surface area (Å²) in [6.07, 6.45) is 5.26. The molecule has 328 valence electrons. The molecule has 12 atom stereocenters. The number of phenolic OH excluding ortho intramolecular Hbond substituents is 1. The van der Waals surface area contributed by atoms with E-state index in [4.69, 9.17) is 23.9 Å². The average molecular weight is 835 g/mol. The Morgan fingerprint density at radius 3 is 2.35 bits per heavy atom. The van der Waals surface area contributed by atoms with Crippen molar-refractivity contribution in [2.45, 2.75) is 123 Å². The summed E-state index contributed by atoms with van der Waals surface area (Å²) in [5, 5.41) is 53.3. The van der Waals surface area contributed by atoms with Gasteiger partial charge in [-0.25, -0.2) is 0 Å². The standard InChI is InChI=1S/C45H62N4O11/c1-21-12-11-13-22(2)44(56)48-36-35-34(47-20-29-15-14-28(49(29)9)16-18-46-35)31-32(40(36)54)39(53)26(6)42-33(31)43(55)45(8,60-42)58-19-17-30(57-10)23(3)41(59-27(7)50)25(5)38(52)24(4)37(21)51/h11-13,17,19,21,23-25,28-30,37-38,41,43,46,51-53,55H,14-16,18,20H2,1-10H3,(H,48,56)/b12-11+,19-17+,22-13-,47-34-/t21-,23+,24+,25+,28+,29-,30-,37-,38+,41+,43?,45-/m0/s1. The quantitative estimate of drug-likeness (QED) is 0.234. The van der Waals surface area contributed by atoms with Gasteiger partial charge in [-0.15, -0.1) is 0 Å². The Morgan fingerprint density at radius 1 is 0.967 bits per heavy atom. The molecule has 4 aliphatic heterocycles. The number of nitrogens with zero attached hydrogens (tertiary/aromatic N) is 2. The van der Waals surface area contributed by atoms with E-state index < -0.39 is 77.6 Å². The number of methoxy groups -OCH3 is 1. The summed E-state index contributed by atoms with van der Waals surface area (Å²) >= 11 is 0. The third kappa shape index (κ3) is 8.26. The topological polar surface area (TPSA) is 209 Å². The van der Waals surface area contributed by atoms with Crippen LogP contribution in [0.2, 0.25) is 0 Å². The van der Waals surface area contributed by atoms with Crippen LogP contribution in [0.1, 0.15) is 101 Å². The zero-order valence-electron chi connectivity index (χ0n) is 36.3. The maximum atomic E-state index is 14.8. The number of hydrogen-bond donors (Lipinski definition) is 6. The zero-order valence-corrected chi connectivity index (χ0v) is 36.3. The number of carbonyl (C=O) groups excluding carboxylic acids is 3. The van der Waals surface area contributed by atoms with E-state index in [1.165, 1.54) is 27.2 Å². The summed E-state index contributed by atoms with van der Waals surface area (Å²) in [6, 6.07) is 0.410. The molecule has 4 heterocycles. The van der Waals surface area contributed by atoms with Gasteiger partial charge in [-0.05, 0) is 46.2 Å². The molecule has 6 N–H and O–H groups in total. The van der Waals surface area contributed by atoms with Gasteiger partial charge in [0.25, 0.3) is 11.7 Å². The van der Waals surface area contributed by atoms with Crippen LogP contribution in [-0.4, -0.2) is 118 Å². The van der Waals surface area contributed by atoms with Crippen LogP contribution in [-0.2, 0) is 23.8 Å². The summed E-state index contributed by atoms with van der Waals surface area (Å²) in [7, 11) is 3.56. The fourth-order valence-electron chi connectivity index (χ4n) is 9.41. The number of esters is 1. The van der Waals surface area contributed by atoms with Crippen LogP contribution in [0.15, 0.2) is 52.5 Å². The molecule has 7 bridgehead atoms. The molecule has 6 rings (SSSR count). The largest absolute Gasteiger partial charge is 0.507 e. The zero-order chi connectivity index (χ0) is 44.0. The maximum Gasteiger partial charge on any atom is 0.302 e. The summed E-state index contributed by atoms with van der Waals surface area (Å²) < 4.78 is 24.2. The number of fused-ring (bicyclic) bond motifs is 5. The predicted octanol–water partition coefficient (Wildman–Crippen LogP) is 3.87. The van der Waals surface area contributed by atoms with E-state index in [0.717, 1.165) is 19.3 Å². The second kappa shape index (κ2) is 17.8. The molecule has 1 unspecified atom stereocenters. The Kier molecular flexibility index (Phi) is 13.4. The van der Waals surface area contributed by atoms with E-state index in [0.29, 0.717) is 24.8 Å². The van der Waals surface area contributed by atoms with Crippen LogP contribution in [0, 0.1) is 30.6 Å². The Balaban J connectivity index is 1.52. The van der Waals surface area contributed by atoms with Crippen molar-refractivity contribution in [3.05, 3.63) is 69.8 Å². The second-order valence-electron chi connectivity index (χ2n) is 17.3. The number of ketones is 1. The van der Waals surface area contributed by atoms with Crippen LogP contribution in [0.25, 0.3) is 0 Å². The first-order valence-electron chi connectivity index (χ1n) is 21.0. The molecule has 0 spiro atoms. The summed E-state index contributed by atoms with van der Waals surface area (Å²) in [4.78, 5) is 48.5. The van der Waals surface area contributed by atoms with Gasteiger partial charge < -0.3 is 50.0 Å². The lowest BCUT2D eigenvalue weighted by Gasteiger charge is -2.38. The monoisotopic (exact) mass is 834 g/mol. The van der Waals surface area contributed by atoms with E-state index in [2.05, 4.69) is 22.6 Å². The van der Waals surface area contributed by atoms with Crippen LogP contribution in [0.3, 0.4) is 0 Å². The SMILES string of the molecule is CO[C@H]1/C=C/O[C@@]2(C)Oc3c(C)c(O)c4c(c3C2O)/C2=N/C[C@@H]3CC[C@H](CCNC2=C(NC(=O)/C(C)=C\C=C\[C@H](C)[C@H](O)[C@@H](C)[C@@H](O)[C@@H](C)[C@H](OC(C)=O)[C@@H]1C)C4=O)N3C. The number of hydrogen-bond acceptors (Lipinski definition) is 14. The molecular formula is C45H62N4O11. The molecule has 5 aliphatic rings. The van der Waals surface area contributed by atoms with E-state index >= 15 is 0 Å². The summed E-state index contributed by atoms with van der Waals surface area (Å²) in [5.41, 5.74) is 1.18. The average Bonchev–Trinajstić information content (AvgIpc) is 3.68. The van der Waals surface area contributed by atoms with Gasteiger partial charge >= 0.3 is 5.97 Å².